The Hall–Kier alpha value is -4.05. The Morgan fingerprint density at radius 1 is 0.365 bits per heavy atom. The van der Waals surface area contributed by atoms with E-state index in [2.05, 4.69) is 123 Å². The molecule has 488 valence electrons. The molecule has 9 nitrogen and oxygen atoms in total. The fourth-order valence-electron chi connectivity index (χ4n) is 9.67. The van der Waals surface area contributed by atoms with Gasteiger partial charge in [-0.2, -0.15) is 0 Å². The molecule has 0 aromatic carbocycles. The summed E-state index contributed by atoms with van der Waals surface area (Å²) in [5.41, 5.74) is 0. The van der Waals surface area contributed by atoms with E-state index in [1.165, 1.54) is 180 Å². The molecule has 85 heavy (non-hydrogen) atoms. The lowest BCUT2D eigenvalue weighted by Gasteiger charge is -2.26. The number of aliphatic carboxylic acids is 1. The van der Waals surface area contributed by atoms with Crippen molar-refractivity contribution in [3.63, 3.8) is 0 Å². The number of hydrogen-bond donors (Lipinski definition) is 0. The summed E-state index contributed by atoms with van der Waals surface area (Å²) in [4.78, 5) is 37.4. The van der Waals surface area contributed by atoms with E-state index in [1.54, 1.807) is 0 Å². The number of hydrogen-bond acceptors (Lipinski definition) is 8. The molecule has 0 bridgehead atoms. The number of likely N-dealkylation sites (N-methyl/N-ethyl adjacent to an activating group) is 1. The lowest BCUT2D eigenvalue weighted by Crippen LogP contribution is -2.44. The van der Waals surface area contributed by atoms with Crippen LogP contribution in [-0.4, -0.2) is 82.3 Å². The number of ether oxygens (including phenoxy) is 4. The van der Waals surface area contributed by atoms with Crippen LogP contribution in [0.4, 0.5) is 0 Å². The van der Waals surface area contributed by atoms with Crippen LogP contribution in [0.1, 0.15) is 296 Å². The van der Waals surface area contributed by atoms with Gasteiger partial charge in [0.1, 0.15) is 13.2 Å². The minimum Gasteiger partial charge on any atom is -0.545 e. The monoisotopic (exact) mass is 1190 g/mol. The first kappa shape index (κ1) is 81.0. The van der Waals surface area contributed by atoms with Gasteiger partial charge >= 0.3 is 11.9 Å². The molecule has 9 heteroatoms. The van der Waals surface area contributed by atoms with E-state index in [4.69, 9.17) is 18.9 Å². The molecular formula is C76H131NO8. The molecule has 0 aliphatic rings. The van der Waals surface area contributed by atoms with Gasteiger partial charge in [-0.25, -0.2) is 0 Å². The molecule has 2 atom stereocenters. The van der Waals surface area contributed by atoms with Crippen molar-refractivity contribution in [3.8, 4) is 0 Å². The summed E-state index contributed by atoms with van der Waals surface area (Å²) in [6.07, 6.45) is 88.9. The average molecular weight is 1190 g/mol. The van der Waals surface area contributed by atoms with Gasteiger partial charge in [0.2, 0.25) is 0 Å². The largest absolute Gasteiger partial charge is 0.545 e. The van der Waals surface area contributed by atoms with Crippen molar-refractivity contribution in [2.24, 2.45) is 0 Å². The number of unbranched alkanes of at least 4 members (excludes halogenated alkanes) is 31. The fraction of sp³-hybridized carbons (Fsp3) is 0.724. The zero-order valence-electron chi connectivity index (χ0n) is 55.7. The quantitative estimate of drug-likeness (QED) is 0.0195. The van der Waals surface area contributed by atoms with Crippen molar-refractivity contribution in [1.29, 1.82) is 0 Å². The minimum absolute atomic E-state index is 0.145. The number of carbonyl (C=O) groups is 3. The summed E-state index contributed by atoms with van der Waals surface area (Å²) in [6.45, 7) is 4.63. The highest BCUT2D eigenvalue weighted by Gasteiger charge is 2.22. The number of esters is 2. The molecule has 0 spiro atoms. The van der Waals surface area contributed by atoms with Crippen LogP contribution in [0.15, 0.2) is 109 Å². The Labute approximate surface area is 524 Å². The number of allylic oxidation sites excluding steroid dienone is 18. The summed E-state index contributed by atoms with van der Waals surface area (Å²) in [5.74, 6) is -2.28. The maximum Gasteiger partial charge on any atom is 0.306 e. The van der Waals surface area contributed by atoms with Gasteiger partial charge in [-0.15, -0.1) is 0 Å². The Morgan fingerprint density at radius 3 is 1.00 bits per heavy atom. The molecule has 0 N–H and O–H groups in total. The Morgan fingerprint density at radius 2 is 0.671 bits per heavy atom. The number of carboxylic acids is 1. The summed E-state index contributed by atoms with van der Waals surface area (Å²) in [7, 11) is 5.93. The van der Waals surface area contributed by atoms with E-state index in [0.29, 0.717) is 17.4 Å². The normalized spacial score (nSPS) is 13.4. The molecule has 0 aliphatic carbocycles. The molecular weight excluding hydrogens is 1050 g/mol. The molecule has 0 heterocycles. The minimum atomic E-state index is -1.63. The first-order valence-electron chi connectivity index (χ1n) is 35.0. The van der Waals surface area contributed by atoms with E-state index >= 15 is 0 Å². The SMILES string of the molecule is CC/C=C\C/C=C\C/C=C\C/C=C\C/C=C\C/C=C\C/C=C\CCCCCCCCCCCCCCCCCCCCCC(=O)OC(COC(=O)CCCCCCCCCCC/C=C\C/C=C\CCCCC)COC(OCC[N+](C)(C)C)C(=O)[O-]. The number of carbonyl (C=O) groups excluding carboxylic acids is 3. The third-order valence-corrected chi connectivity index (χ3v) is 15.0. The zero-order chi connectivity index (χ0) is 61.9. The van der Waals surface area contributed by atoms with Gasteiger partial charge in [0.05, 0.1) is 40.3 Å². The van der Waals surface area contributed by atoms with Gasteiger partial charge in [0, 0.05) is 12.8 Å². The molecule has 0 amide bonds. The van der Waals surface area contributed by atoms with Crippen molar-refractivity contribution in [1.82, 2.24) is 0 Å². The first-order chi connectivity index (χ1) is 41.6. The predicted molar refractivity (Wildman–Crippen MR) is 361 cm³/mol. The van der Waals surface area contributed by atoms with E-state index in [0.717, 1.165) is 83.5 Å². The second kappa shape index (κ2) is 65.9. The van der Waals surface area contributed by atoms with Crippen LogP contribution in [0, 0.1) is 0 Å². The van der Waals surface area contributed by atoms with Crippen LogP contribution < -0.4 is 5.11 Å². The van der Waals surface area contributed by atoms with Crippen molar-refractivity contribution in [2.75, 3.05) is 47.5 Å². The molecule has 0 saturated heterocycles. The Balaban J connectivity index is 4.03. The number of nitrogens with zero attached hydrogens (tertiary/aromatic N) is 1. The molecule has 0 aliphatic heterocycles. The number of quaternary nitrogens is 1. The van der Waals surface area contributed by atoms with Crippen LogP contribution in [0.25, 0.3) is 0 Å². The molecule has 0 fully saturated rings. The van der Waals surface area contributed by atoms with Crippen molar-refractivity contribution in [2.45, 2.75) is 309 Å². The molecule has 0 aromatic rings. The Bertz CT molecular complexity index is 1760. The third kappa shape index (κ3) is 67.3. The molecule has 0 aromatic heterocycles. The van der Waals surface area contributed by atoms with Gasteiger partial charge in [-0.1, -0.05) is 290 Å². The average Bonchev–Trinajstić information content (AvgIpc) is 3.49. The van der Waals surface area contributed by atoms with E-state index < -0.39 is 24.3 Å². The van der Waals surface area contributed by atoms with Crippen LogP contribution in [-0.2, 0) is 33.3 Å². The lowest BCUT2D eigenvalue weighted by atomic mass is 10.0. The van der Waals surface area contributed by atoms with Crippen molar-refractivity contribution in [3.05, 3.63) is 109 Å². The van der Waals surface area contributed by atoms with Crippen LogP contribution in [0.5, 0.6) is 0 Å². The summed E-state index contributed by atoms with van der Waals surface area (Å²) in [6, 6.07) is 0. The van der Waals surface area contributed by atoms with Crippen molar-refractivity contribution < 1.29 is 42.9 Å². The molecule has 0 radical (unpaired) electrons. The summed E-state index contributed by atoms with van der Waals surface area (Å²) >= 11 is 0. The van der Waals surface area contributed by atoms with E-state index in [1.807, 2.05) is 21.1 Å². The predicted octanol–water partition coefficient (Wildman–Crippen LogP) is 20.5. The zero-order valence-corrected chi connectivity index (χ0v) is 55.7. The van der Waals surface area contributed by atoms with Gasteiger partial charge < -0.3 is 33.3 Å². The molecule has 0 rings (SSSR count). The van der Waals surface area contributed by atoms with Crippen LogP contribution in [0.3, 0.4) is 0 Å². The smallest absolute Gasteiger partial charge is 0.306 e. The second-order valence-corrected chi connectivity index (χ2v) is 24.4. The van der Waals surface area contributed by atoms with Gasteiger partial charge in [-0.05, 0) is 103 Å². The highest BCUT2D eigenvalue weighted by atomic mass is 16.7. The maximum absolute atomic E-state index is 12.9. The third-order valence-electron chi connectivity index (χ3n) is 15.0. The van der Waals surface area contributed by atoms with Crippen LogP contribution in [0.2, 0.25) is 0 Å². The number of carboxylic acid groups (broad SMARTS) is 1. The Kier molecular flexibility index (Phi) is 62.8. The van der Waals surface area contributed by atoms with E-state index in [-0.39, 0.29) is 38.6 Å². The van der Waals surface area contributed by atoms with Gasteiger partial charge in [0.25, 0.3) is 0 Å². The second-order valence-electron chi connectivity index (χ2n) is 24.4. The molecule has 0 saturated carbocycles. The molecule has 2 unspecified atom stereocenters. The maximum atomic E-state index is 12.9. The highest BCUT2D eigenvalue weighted by molar-refractivity contribution is 5.70. The highest BCUT2D eigenvalue weighted by Crippen LogP contribution is 2.17. The van der Waals surface area contributed by atoms with Gasteiger partial charge in [0.15, 0.2) is 12.4 Å². The van der Waals surface area contributed by atoms with E-state index in [9.17, 15) is 19.5 Å². The summed E-state index contributed by atoms with van der Waals surface area (Å²) < 4.78 is 22.8. The first-order valence-corrected chi connectivity index (χ1v) is 35.0. The van der Waals surface area contributed by atoms with Crippen LogP contribution >= 0.6 is 0 Å². The topological polar surface area (TPSA) is 111 Å². The van der Waals surface area contributed by atoms with Crippen molar-refractivity contribution >= 4 is 17.9 Å². The van der Waals surface area contributed by atoms with Gasteiger partial charge in [-0.3, -0.25) is 9.59 Å². The summed E-state index contributed by atoms with van der Waals surface area (Å²) in [5, 5.41) is 11.8. The number of rotatable bonds is 64. The standard InChI is InChI=1S/C76H131NO8/c1-6-8-10-12-14-16-18-20-22-24-26-27-28-29-30-31-32-33-34-35-36-37-38-39-40-41-42-43-44-45-46-47-49-51-53-55-57-59-61-63-65-67-74(79)85-72(71-84-76(75(80)81)82-69-68-77(3,4)5)70-83-73(78)66-64-62-60-58-56-54-52-50-48-25-23-21-19-17-15-13-11-9-7-2/h8,10,14-17,20-23,26-27,29-30,32-33,35-36,72,76H,6-7,9,11-13,18-19,24-25,28,31,34,37-71H2,1-5H3/b10-8-,16-14-,17-15-,22-20-,23-21-,27-26-,30-29-,33-32-,36-35-. The lowest BCUT2D eigenvalue weighted by molar-refractivity contribution is -0.870. The fourth-order valence-corrected chi connectivity index (χ4v) is 9.67.